The molecule has 0 saturated carbocycles. The van der Waals surface area contributed by atoms with Crippen LogP contribution >= 0.6 is 11.8 Å². The van der Waals surface area contributed by atoms with Gasteiger partial charge in [-0.15, -0.1) is 11.8 Å². The molecule has 18 heavy (non-hydrogen) atoms. The third-order valence-electron chi connectivity index (χ3n) is 2.21. The van der Waals surface area contributed by atoms with Gasteiger partial charge in [0.2, 0.25) is 5.91 Å². The van der Waals surface area contributed by atoms with Gasteiger partial charge in [0.1, 0.15) is 0 Å². The molecule has 0 bridgehead atoms. The number of carbonyl (C=O) groups excluding carboxylic acids is 1. The lowest BCUT2D eigenvalue weighted by molar-refractivity contribution is -0.133. The molecule has 0 aromatic heterocycles. The summed E-state index contributed by atoms with van der Waals surface area (Å²) >= 11 is 1.06. The van der Waals surface area contributed by atoms with Crippen LogP contribution in [0.1, 0.15) is 5.56 Å². The van der Waals surface area contributed by atoms with Crippen LogP contribution in [0, 0.1) is 11.3 Å². The summed E-state index contributed by atoms with van der Waals surface area (Å²) in [5, 5.41) is 17.1. The molecule has 0 unspecified atom stereocenters. The van der Waals surface area contributed by atoms with Gasteiger partial charge in [-0.1, -0.05) is 0 Å². The van der Waals surface area contributed by atoms with Crippen molar-refractivity contribution >= 4 is 29.3 Å². The summed E-state index contributed by atoms with van der Waals surface area (Å²) in [5.41, 5.74) is 1.20. The van der Waals surface area contributed by atoms with E-state index >= 15 is 0 Å². The van der Waals surface area contributed by atoms with Crippen molar-refractivity contribution in [2.24, 2.45) is 0 Å². The Morgan fingerprint density at radius 2 is 1.94 bits per heavy atom. The average molecular weight is 264 g/mol. The monoisotopic (exact) mass is 264 g/mol. The van der Waals surface area contributed by atoms with Crippen LogP contribution in [-0.2, 0) is 9.59 Å². The van der Waals surface area contributed by atoms with Crippen LogP contribution in [0.4, 0.5) is 5.69 Å². The van der Waals surface area contributed by atoms with Gasteiger partial charge in [-0.3, -0.25) is 9.59 Å². The van der Waals surface area contributed by atoms with Gasteiger partial charge in [-0.2, -0.15) is 5.26 Å². The predicted octanol–water partition coefficient (Wildman–Crippen LogP) is 1.34. The Morgan fingerprint density at radius 3 is 2.44 bits per heavy atom. The number of carbonyl (C=O) groups is 2. The van der Waals surface area contributed by atoms with E-state index in [0.717, 1.165) is 11.8 Å². The van der Waals surface area contributed by atoms with Crippen molar-refractivity contribution in [3.63, 3.8) is 0 Å². The number of nitrogens with zero attached hydrogens (tertiary/aromatic N) is 2. The minimum Gasteiger partial charge on any atom is -0.481 e. The Morgan fingerprint density at radius 1 is 1.33 bits per heavy atom. The van der Waals surface area contributed by atoms with E-state index in [1.165, 1.54) is 4.90 Å². The fourth-order valence-corrected chi connectivity index (χ4v) is 1.87. The minimum atomic E-state index is -0.936. The van der Waals surface area contributed by atoms with Crippen LogP contribution in [0.15, 0.2) is 24.3 Å². The topological polar surface area (TPSA) is 81.4 Å². The number of aliphatic carboxylic acids is 1. The maximum absolute atomic E-state index is 11.7. The normalized spacial score (nSPS) is 9.56. The minimum absolute atomic E-state index is 0.0903. The van der Waals surface area contributed by atoms with Crippen LogP contribution < -0.4 is 4.90 Å². The van der Waals surface area contributed by atoms with Gasteiger partial charge in [0.25, 0.3) is 0 Å². The van der Waals surface area contributed by atoms with Crippen molar-refractivity contribution in [3.05, 3.63) is 29.8 Å². The van der Waals surface area contributed by atoms with Crippen LogP contribution in [0.3, 0.4) is 0 Å². The molecule has 0 aliphatic carbocycles. The third-order valence-corrected chi connectivity index (χ3v) is 3.11. The lowest BCUT2D eigenvalue weighted by Crippen LogP contribution is -2.28. The van der Waals surface area contributed by atoms with Crippen molar-refractivity contribution in [3.8, 4) is 6.07 Å². The third kappa shape index (κ3) is 4.11. The Balaban J connectivity index is 2.57. The number of carboxylic acid groups (broad SMARTS) is 1. The van der Waals surface area contributed by atoms with Crippen molar-refractivity contribution in [2.45, 2.75) is 0 Å². The molecule has 0 heterocycles. The van der Waals surface area contributed by atoms with E-state index < -0.39 is 5.97 Å². The van der Waals surface area contributed by atoms with Crippen molar-refractivity contribution in [2.75, 3.05) is 23.5 Å². The molecule has 1 N–H and O–H groups in total. The predicted molar refractivity (Wildman–Crippen MR) is 69.5 cm³/mol. The molecule has 0 atom stereocenters. The zero-order valence-corrected chi connectivity index (χ0v) is 10.6. The van der Waals surface area contributed by atoms with E-state index in [0.29, 0.717) is 11.3 Å². The molecule has 1 aromatic carbocycles. The summed E-state index contributed by atoms with van der Waals surface area (Å²) in [6, 6.07) is 8.61. The number of rotatable bonds is 5. The molecule has 0 spiro atoms. The summed E-state index contributed by atoms with van der Waals surface area (Å²) < 4.78 is 0. The van der Waals surface area contributed by atoms with Crippen molar-refractivity contribution in [1.82, 2.24) is 0 Å². The van der Waals surface area contributed by atoms with Crippen LogP contribution in [0.5, 0.6) is 0 Å². The Kier molecular flexibility index (Phi) is 5.21. The van der Waals surface area contributed by atoms with E-state index in [-0.39, 0.29) is 17.4 Å². The first-order valence-electron chi connectivity index (χ1n) is 5.11. The fraction of sp³-hybridized carbons (Fsp3) is 0.250. The first kappa shape index (κ1) is 14.1. The van der Waals surface area contributed by atoms with Crippen molar-refractivity contribution in [1.29, 1.82) is 5.26 Å². The van der Waals surface area contributed by atoms with Gasteiger partial charge >= 0.3 is 5.97 Å². The van der Waals surface area contributed by atoms with Gasteiger partial charge < -0.3 is 10.0 Å². The highest BCUT2D eigenvalue weighted by molar-refractivity contribution is 8.00. The van der Waals surface area contributed by atoms with E-state index in [1.54, 1.807) is 31.3 Å². The zero-order valence-electron chi connectivity index (χ0n) is 9.79. The molecular weight excluding hydrogens is 252 g/mol. The SMILES string of the molecule is CN(C(=O)CSCC(=O)O)c1ccc(C#N)cc1. The lowest BCUT2D eigenvalue weighted by atomic mass is 10.2. The first-order valence-corrected chi connectivity index (χ1v) is 6.26. The molecule has 0 saturated heterocycles. The van der Waals surface area contributed by atoms with Crippen LogP contribution in [-0.4, -0.2) is 35.5 Å². The number of thioether (sulfide) groups is 1. The van der Waals surface area contributed by atoms with Gasteiger partial charge in [0.05, 0.1) is 23.1 Å². The lowest BCUT2D eigenvalue weighted by Gasteiger charge is -2.16. The number of amides is 1. The summed E-state index contributed by atoms with van der Waals surface area (Å²) in [6.07, 6.45) is 0. The molecule has 1 rings (SSSR count). The van der Waals surface area contributed by atoms with E-state index in [9.17, 15) is 9.59 Å². The first-order chi connectivity index (χ1) is 8.54. The number of hydrogen-bond donors (Lipinski definition) is 1. The molecular formula is C12H12N2O3S. The molecule has 0 aliphatic heterocycles. The Labute approximate surface area is 109 Å². The molecule has 5 nitrogen and oxygen atoms in total. The summed E-state index contributed by atoms with van der Waals surface area (Å²) in [6.45, 7) is 0. The average Bonchev–Trinajstić information content (AvgIpc) is 2.37. The molecule has 0 aliphatic rings. The molecule has 1 aromatic rings. The maximum Gasteiger partial charge on any atom is 0.313 e. The molecule has 94 valence electrons. The highest BCUT2D eigenvalue weighted by Crippen LogP contribution is 2.14. The highest BCUT2D eigenvalue weighted by atomic mass is 32.2. The van der Waals surface area contributed by atoms with Gasteiger partial charge in [0, 0.05) is 12.7 Å². The zero-order chi connectivity index (χ0) is 13.5. The van der Waals surface area contributed by atoms with E-state index in [4.69, 9.17) is 10.4 Å². The van der Waals surface area contributed by atoms with Crippen molar-refractivity contribution < 1.29 is 14.7 Å². The number of carboxylic acids is 1. The summed E-state index contributed by atoms with van der Waals surface area (Å²) in [7, 11) is 1.62. The number of nitriles is 1. The highest BCUT2D eigenvalue weighted by Gasteiger charge is 2.11. The molecule has 0 fully saturated rings. The second-order valence-corrected chi connectivity index (χ2v) is 4.48. The van der Waals surface area contributed by atoms with Crippen LogP contribution in [0.2, 0.25) is 0 Å². The molecule has 1 amide bonds. The number of hydrogen-bond acceptors (Lipinski definition) is 4. The standard InChI is InChI=1S/C12H12N2O3S/c1-14(11(15)7-18-8-12(16)17)10-4-2-9(6-13)3-5-10/h2-5H,7-8H2,1H3,(H,16,17). The Bertz CT molecular complexity index is 479. The second kappa shape index (κ2) is 6.67. The van der Waals surface area contributed by atoms with Gasteiger partial charge in [-0.25, -0.2) is 0 Å². The maximum atomic E-state index is 11.7. The molecule has 6 heteroatoms. The number of benzene rings is 1. The van der Waals surface area contributed by atoms with Gasteiger partial charge in [-0.05, 0) is 24.3 Å². The van der Waals surface area contributed by atoms with E-state index in [2.05, 4.69) is 0 Å². The molecule has 0 radical (unpaired) electrons. The second-order valence-electron chi connectivity index (χ2n) is 3.50. The Hall–Kier alpha value is -2.00. The van der Waals surface area contributed by atoms with E-state index in [1.807, 2.05) is 6.07 Å². The quantitative estimate of drug-likeness (QED) is 0.867. The van der Waals surface area contributed by atoms with Crippen LogP contribution in [0.25, 0.3) is 0 Å². The largest absolute Gasteiger partial charge is 0.481 e. The summed E-state index contributed by atoms with van der Waals surface area (Å²) in [5.74, 6) is -1.09. The fourth-order valence-electron chi connectivity index (χ4n) is 1.23. The summed E-state index contributed by atoms with van der Waals surface area (Å²) in [4.78, 5) is 23.5. The van der Waals surface area contributed by atoms with Gasteiger partial charge in [0.15, 0.2) is 0 Å². The smallest absolute Gasteiger partial charge is 0.313 e. The number of anilines is 1.